The first-order chi connectivity index (χ1) is 24.7. The fourth-order valence-electron chi connectivity index (χ4n) is 6.46. The molecule has 16 heteroatoms. The summed E-state index contributed by atoms with van der Waals surface area (Å²) in [4.78, 5) is 27.9. The highest BCUT2D eigenvalue weighted by atomic mass is 32.2. The average Bonchev–Trinajstić information content (AvgIpc) is 3.52. The number of ether oxygens (including phenoxy) is 4. The van der Waals surface area contributed by atoms with Crippen molar-refractivity contribution in [2.24, 2.45) is 0 Å². The molecule has 5 aromatic rings. The number of amides is 2. The van der Waals surface area contributed by atoms with E-state index in [-0.39, 0.29) is 47.6 Å². The van der Waals surface area contributed by atoms with Gasteiger partial charge in [-0.1, -0.05) is 18.2 Å². The van der Waals surface area contributed by atoms with Crippen molar-refractivity contribution in [2.75, 3.05) is 57.4 Å². The first-order valence-corrected chi connectivity index (χ1v) is 17.4. The fourth-order valence-corrected chi connectivity index (χ4v) is 7.96. The number of carbonyl (C=O) groups excluding carboxylic acids is 1. The predicted molar refractivity (Wildman–Crippen MR) is 183 cm³/mol. The number of carbonyl (C=O) groups is 1. The van der Waals surface area contributed by atoms with Gasteiger partial charge in [0, 0.05) is 55.1 Å². The normalized spacial score (nSPS) is 15.3. The Hall–Kier alpha value is -5.32. The molecule has 13 nitrogen and oxygen atoms in total. The smallest absolute Gasteiger partial charge is 0.329 e. The lowest BCUT2D eigenvalue weighted by molar-refractivity contribution is 0.0336. The number of pyridine rings is 2. The second kappa shape index (κ2) is 13.8. The quantitative estimate of drug-likeness (QED) is 0.196. The number of hydrogen-bond acceptors (Lipinski definition) is 10. The Kier molecular flexibility index (Phi) is 9.22. The number of rotatable bonds is 10. The van der Waals surface area contributed by atoms with Gasteiger partial charge in [-0.3, -0.25) is 14.7 Å². The molecule has 7 rings (SSSR count). The standard InChI is InChI=1S/C35H34F2N6O7S/c1-47-27-17-28(48-2)31(37)33(30(27)36)42-20-23-18-39-34-26(32(23)41(35(42)44)19-22-9-10-38-29(15-22)49-3)16-24(21-40-11-13-50-14-12-40)43(34)51(45,46)25-7-5-4-6-8-25/h4-10,15-18H,11-14,19-21H2,1-3H3. The highest BCUT2D eigenvalue weighted by molar-refractivity contribution is 7.90. The Morgan fingerprint density at radius 2 is 1.57 bits per heavy atom. The maximum Gasteiger partial charge on any atom is 0.329 e. The molecule has 0 unspecified atom stereocenters. The van der Waals surface area contributed by atoms with Crippen LogP contribution in [0.2, 0.25) is 0 Å². The Bertz CT molecular complexity index is 2200. The van der Waals surface area contributed by atoms with E-state index in [1.165, 1.54) is 54.7 Å². The number of morpholine rings is 1. The number of methoxy groups -OCH3 is 3. The van der Waals surface area contributed by atoms with Crippen LogP contribution in [0.5, 0.6) is 17.4 Å². The van der Waals surface area contributed by atoms with Gasteiger partial charge in [-0.15, -0.1) is 0 Å². The zero-order valence-corrected chi connectivity index (χ0v) is 28.8. The van der Waals surface area contributed by atoms with Gasteiger partial charge in [0.1, 0.15) is 5.69 Å². The third-order valence-corrected chi connectivity index (χ3v) is 10.7. The fraction of sp³-hybridized carbons (Fsp3) is 0.286. The molecule has 2 amide bonds. The van der Waals surface area contributed by atoms with E-state index in [2.05, 4.69) is 14.9 Å². The molecular weight excluding hydrogens is 686 g/mol. The van der Waals surface area contributed by atoms with Crippen molar-refractivity contribution in [1.82, 2.24) is 18.8 Å². The van der Waals surface area contributed by atoms with Crippen LogP contribution in [0.3, 0.4) is 0 Å². The lowest BCUT2D eigenvalue weighted by Gasteiger charge is -2.37. The highest BCUT2D eigenvalue weighted by Crippen LogP contribution is 2.44. The molecule has 2 aliphatic rings. The minimum absolute atomic E-state index is 0.0613. The summed E-state index contributed by atoms with van der Waals surface area (Å²) in [7, 11) is -0.279. The molecule has 3 aromatic heterocycles. The molecule has 266 valence electrons. The summed E-state index contributed by atoms with van der Waals surface area (Å²) in [6.45, 7) is 2.02. The van der Waals surface area contributed by atoms with Gasteiger partial charge in [0.2, 0.25) is 5.88 Å². The SMILES string of the molecule is COc1cc(CN2C(=O)N(c3c(F)c(OC)cc(OC)c3F)Cc3cnc4c(cc(CN5CCOCC5)n4S(=O)(=O)c4ccccc4)c32)ccn1. The second-order valence-electron chi connectivity index (χ2n) is 11.9. The van der Waals surface area contributed by atoms with Crippen LogP contribution in [0.25, 0.3) is 11.0 Å². The van der Waals surface area contributed by atoms with Gasteiger partial charge in [-0.2, -0.15) is 0 Å². The van der Waals surface area contributed by atoms with Crippen molar-refractivity contribution in [1.29, 1.82) is 0 Å². The van der Waals surface area contributed by atoms with Gasteiger partial charge in [-0.25, -0.2) is 35.9 Å². The third kappa shape index (κ3) is 6.08. The van der Waals surface area contributed by atoms with Crippen molar-refractivity contribution in [2.45, 2.75) is 24.5 Å². The van der Waals surface area contributed by atoms with Gasteiger partial charge in [-0.05, 0) is 29.8 Å². The minimum atomic E-state index is -4.18. The lowest BCUT2D eigenvalue weighted by Crippen LogP contribution is -2.48. The van der Waals surface area contributed by atoms with Crippen molar-refractivity contribution in [3.8, 4) is 17.4 Å². The van der Waals surface area contributed by atoms with Gasteiger partial charge in [0.25, 0.3) is 10.0 Å². The Labute approximate surface area is 292 Å². The highest BCUT2D eigenvalue weighted by Gasteiger charge is 2.39. The molecule has 2 aliphatic heterocycles. The summed E-state index contributed by atoms with van der Waals surface area (Å²) < 4.78 is 82.8. The molecule has 0 atom stereocenters. The number of aromatic nitrogens is 3. The van der Waals surface area contributed by atoms with E-state index in [0.29, 0.717) is 54.2 Å². The summed E-state index contributed by atoms with van der Waals surface area (Å²) in [5.74, 6) is -2.55. The van der Waals surface area contributed by atoms with Crippen LogP contribution in [0.1, 0.15) is 16.8 Å². The number of nitrogens with zero attached hydrogens (tertiary/aromatic N) is 6. The maximum absolute atomic E-state index is 15.9. The van der Waals surface area contributed by atoms with Crippen molar-refractivity contribution >= 4 is 38.5 Å². The molecule has 1 fully saturated rings. The monoisotopic (exact) mass is 720 g/mol. The zero-order valence-electron chi connectivity index (χ0n) is 28.0. The van der Waals surface area contributed by atoms with E-state index in [0.717, 1.165) is 11.0 Å². The molecule has 0 spiro atoms. The molecule has 0 N–H and O–H groups in total. The minimum Gasteiger partial charge on any atom is -0.493 e. The maximum atomic E-state index is 15.9. The molecule has 5 heterocycles. The molecule has 1 saturated heterocycles. The number of hydrogen-bond donors (Lipinski definition) is 0. The first-order valence-electron chi connectivity index (χ1n) is 16.0. The second-order valence-corrected chi connectivity index (χ2v) is 13.7. The Balaban J connectivity index is 1.46. The van der Waals surface area contributed by atoms with Gasteiger partial charge in [0.15, 0.2) is 28.8 Å². The van der Waals surface area contributed by atoms with Gasteiger partial charge < -0.3 is 18.9 Å². The van der Waals surface area contributed by atoms with Gasteiger partial charge in [0.05, 0.1) is 63.9 Å². The molecule has 0 bridgehead atoms. The van der Waals surface area contributed by atoms with Crippen molar-refractivity contribution < 1.29 is 40.9 Å². The van der Waals surface area contributed by atoms with Crippen LogP contribution in [0.15, 0.2) is 71.9 Å². The average molecular weight is 721 g/mol. The summed E-state index contributed by atoms with van der Waals surface area (Å²) in [6, 6.07) is 13.3. The summed E-state index contributed by atoms with van der Waals surface area (Å²) in [5.41, 5.74) is 1.19. The molecule has 2 aromatic carbocycles. The third-order valence-electron chi connectivity index (χ3n) is 8.91. The van der Waals surface area contributed by atoms with Crippen LogP contribution in [-0.4, -0.2) is 80.9 Å². The first kappa shape index (κ1) is 34.1. The molecule has 0 radical (unpaired) electrons. The number of fused-ring (bicyclic) bond motifs is 3. The molecule has 0 saturated carbocycles. The number of halogens is 2. The zero-order chi connectivity index (χ0) is 35.9. The Morgan fingerprint density at radius 3 is 2.24 bits per heavy atom. The number of benzene rings is 2. The van der Waals surface area contributed by atoms with Crippen LogP contribution < -0.4 is 24.0 Å². The van der Waals surface area contributed by atoms with E-state index in [9.17, 15) is 13.2 Å². The van der Waals surface area contributed by atoms with Crippen LogP contribution >= 0.6 is 0 Å². The lowest BCUT2D eigenvalue weighted by atomic mass is 10.1. The van der Waals surface area contributed by atoms with E-state index >= 15 is 8.78 Å². The van der Waals surface area contributed by atoms with Crippen LogP contribution in [0.4, 0.5) is 25.0 Å². The molecular formula is C35H34F2N6O7S. The topological polar surface area (TPSA) is 129 Å². The molecule has 51 heavy (non-hydrogen) atoms. The summed E-state index contributed by atoms with van der Waals surface area (Å²) >= 11 is 0. The van der Waals surface area contributed by atoms with Crippen LogP contribution in [0, 0.1) is 11.6 Å². The predicted octanol–water partition coefficient (Wildman–Crippen LogP) is 4.95. The summed E-state index contributed by atoms with van der Waals surface area (Å²) in [5, 5.41) is 0.369. The van der Waals surface area contributed by atoms with E-state index < -0.39 is 33.4 Å². The van der Waals surface area contributed by atoms with E-state index in [4.69, 9.17) is 18.9 Å². The van der Waals surface area contributed by atoms with Crippen LogP contribution in [-0.2, 0) is 34.4 Å². The largest absolute Gasteiger partial charge is 0.493 e. The van der Waals surface area contributed by atoms with Crippen molar-refractivity contribution in [3.05, 3.63) is 95.4 Å². The van der Waals surface area contributed by atoms with Gasteiger partial charge >= 0.3 is 6.03 Å². The summed E-state index contributed by atoms with van der Waals surface area (Å²) in [6.07, 6.45) is 2.94. The molecule has 0 aliphatic carbocycles. The number of anilines is 2. The number of urea groups is 1. The van der Waals surface area contributed by atoms with E-state index in [1.54, 1.807) is 36.4 Å². The van der Waals surface area contributed by atoms with E-state index in [1.807, 2.05) is 0 Å². The van der Waals surface area contributed by atoms with Crippen molar-refractivity contribution in [3.63, 3.8) is 0 Å². The Morgan fingerprint density at radius 1 is 0.863 bits per heavy atom.